The van der Waals surface area contributed by atoms with E-state index in [-0.39, 0.29) is 0 Å². The minimum absolute atomic E-state index is 0.412. The van der Waals surface area contributed by atoms with Crippen LogP contribution in [0.5, 0.6) is 0 Å². The molecule has 5 heteroatoms. The third-order valence-corrected chi connectivity index (χ3v) is 4.71. The van der Waals surface area contributed by atoms with Crippen LogP contribution in [0.1, 0.15) is 25.3 Å². The Morgan fingerprint density at radius 3 is 1.96 bits per heavy atom. The van der Waals surface area contributed by atoms with Crippen molar-refractivity contribution in [1.82, 2.24) is 5.32 Å². The normalized spacial score (nSPS) is 15.1. The van der Waals surface area contributed by atoms with Gasteiger partial charge in [-0.15, -0.1) is 0 Å². The molecule has 0 atom stereocenters. The van der Waals surface area contributed by atoms with Crippen molar-refractivity contribution in [3.05, 3.63) is 70.6 Å². The number of allylic oxidation sites excluding steroid dienone is 2. The van der Waals surface area contributed by atoms with E-state index >= 15 is 0 Å². The molecular weight excluding hydrogens is 330 g/mol. The Balaban J connectivity index is 2.33. The summed E-state index contributed by atoms with van der Waals surface area (Å²) in [5, 5.41) is 5.13. The summed E-state index contributed by atoms with van der Waals surface area (Å²) in [6.07, 6.45) is 0. The molecule has 0 radical (unpaired) electrons. The molecule has 1 heterocycles. The molecule has 0 aliphatic carbocycles. The summed E-state index contributed by atoms with van der Waals surface area (Å²) in [5.41, 5.74) is 3.02. The Hall–Kier alpha value is -3.08. The highest BCUT2D eigenvalue weighted by atomic mass is 16.5. The number of fused-ring (bicyclic) bond motifs is 1. The molecule has 0 fully saturated rings. The SMILES string of the molecule is COC(=O)C1=C(C)NC(C)=C(C(=O)OC)C1c1cccc2ccccc12. The second-order valence-corrected chi connectivity index (χ2v) is 6.19. The summed E-state index contributed by atoms with van der Waals surface area (Å²) in [7, 11) is 2.68. The monoisotopic (exact) mass is 351 g/mol. The number of nitrogens with one attached hydrogen (secondary N) is 1. The van der Waals surface area contributed by atoms with Crippen LogP contribution >= 0.6 is 0 Å². The van der Waals surface area contributed by atoms with Gasteiger partial charge in [0.2, 0.25) is 0 Å². The maximum atomic E-state index is 12.6. The van der Waals surface area contributed by atoms with Gasteiger partial charge in [0.25, 0.3) is 0 Å². The van der Waals surface area contributed by atoms with Crippen LogP contribution in [0.2, 0.25) is 0 Å². The third kappa shape index (κ3) is 2.86. The van der Waals surface area contributed by atoms with E-state index in [1.165, 1.54) is 14.2 Å². The predicted octanol–water partition coefficient (Wildman–Crippen LogP) is 3.42. The largest absolute Gasteiger partial charge is 0.466 e. The van der Waals surface area contributed by atoms with Crippen LogP contribution < -0.4 is 5.32 Å². The summed E-state index contributed by atoms with van der Waals surface area (Å²) < 4.78 is 10.0. The lowest BCUT2D eigenvalue weighted by Crippen LogP contribution is -2.32. The average Bonchev–Trinajstić information content (AvgIpc) is 2.65. The summed E-state index contributed by atoms with van der Waals surface area (Å²) in [5.74, 6) is -1.51. The third-order valence-electron chi connectivity index (χ3n) is 4.71. The number of hydrogen-bond acceptors (Lipinski definition) is 5. The van der Waals surface area contributed by atoms with Crippen molar-refractivity contribution in [2.45, 2.75) is 19.8 Å². The first kappa shape index (κ1) is 17.7. The Labute approximate surface area is 152 Å². The molecule has 1 aliphatic heterocycles. The molecule has 0 aromatic heterocycles. The first-order chi connectivity index (χ1) is 12.5. The molecule has 1 N–H and O–H groups in total. The molecule has 1 aliphatic rings. The Morgan fingerprint density at radius 2 is 1.38 bits per heavy atom. The van der Waals surface area contributed by atoms with Crippen LogP contribution in [0.15, 0.2) is 65.0 Å². The van der Waals surface area contributed by atoms with Gasteiger partial charge in [0, 0.05) is 11.4 Å². The van der Waals surface area contributed by atoms with Gasteiger partial charge in [-0.05, 0) is 30.2 Å². The van der Waals surface area contributed by atoms with E-state index in [2.05, 4.69) is 5.32 Å². The molecule has 5 nitrogen and oxygen atoms in total. The Kier molecular flexibility index (Phi) is 4.80. The van der Waals surface area contributed by atoms with E-state index in [9.17, 15) is 9.59 Å². The number of methoxy groups -OCH3 is 2. The number of carbonyl (C=O) groups is 2. The number of benzene rings is 2. The fraction of sp³-hybridized carbons (Fsp3) is 0.238. The number of rotatable bonds is 3. The lowest BCUT2D eigenvalue weighted by atomic mass is 9.78. The smallest absolute Gasteiger partial charge is 0.336 e. The number of esters is 2. The van der Waals surface area contributed by atoms with Gasteiger partial charge in [0.1, 0.15) is 0 Å². The zero-order chi connectivity index (χ0) is 18.8. The lowest BCUT2D eigenvalue weighted by Gasteiger charge is -2.30. The molecule has 0 saturated carbocycles. The molecule has 0 spiro atoms. The molecule has 2 aromatic rings. The molecule has 134 valence electrons. The number of carbonyl (C=O) groups excluding carboxylic acids is 2. The van der Waals surface area contributed by atoms with Crippen LogP contribution in [0.4, 0.5) is 0 Å². The van der Waals surface area contributed by atoms with E-state index in [4.69, 9.17) is 9.47 Å². The first-order valence-corrected chi connectivity index (χ1v) is 8.32. The number of dihydropyridines is 1. The van der Waals surface area contributed by atoms with Gasteiger partial charge in [-0.1, -0.05) is 42.5 Å². The predicted molar refractivity (Wildman–Crippen MR) is 99.3 cm³/mol. The zero-order valence-electron chi connectivity index (χ0n) is 15.3. The first-order valence-electron chi connectivity index (χ1n) is 8.32. The quantitative estimate of drug-likeness (QED) is 0.859. The lowest BCUT2D eigenvalue weighted by molar-refractivity contribution is -0.137. The molecular formula is C21H21NO4. The van der Waals surface area contributed by atoms with Crippen molar-refractivity contribution in [3.8, 4) is 0 Å². The van der Waals surface area contributed by atoms with Crippen molar-refractivity contribution in [2.75, 3.05) is 14.2 Å². The molecule has 0 amide bonds. The maximum absolute atomic E-state index is 12.6. The minimum Gasteiger partial charge on any atom is -0.466 e. The Morgan fingerprint density at radius 1 is 0.846 bits per heavy atom. The van der Waals surface area contributed by atoms with Crippen LogP contribution in [0, 0.1) is 0 Å². The average molecular weight is 351 g/mol. The highest BCUT2D eigenvalue weighted by Gasteiger charge is 2.38. The van der Waals surface area contributed by atoms with Crippen LogP contribution in [-0.4, -0.2) is 26.2 Å². The minimum atomic E-state index is -0.567. The summed E-state index contributed by atoms with van der Waals surface area (Å²) in [4.78, 5) is 25.1. The Bertz CT molecular complexity index is 912. The fourth-order valence-electron chi connectivity index (χ4n) is 3.57. The van der Waals surface area contributed by atoms with Crippen molar-refractivity contribution in [3.63, 3.8) is 0 Å². The standard InChI is InChI=1S/C21H21NO4/c1-12-17(20(23)25-3)19(18(13(2)22-12)21(24)26-4)16-11-7-9-14-8-5-6-10-15(14)16/h5-11,19,22H,1-4H3. The molecule has 2 aromatic carbocycles. The van der Waals surface area contributed by atoms with Gasteiger partial charge >= 0.3 is 11.9 Å². The van der Waals surface area contributed by atoms with Crippen molar-refractivity contribution < 1.29 is 19.1 Å². The van der Waals surface area contributed by atoms with E-state index in [0.717, 1.165) is 16.3 Å². The van der Waals surface area contributed by atoms with Crippen molar-refractivity contribution in [1.29, 1.82) is 0 Å². The van der Waals surface area contributed by atoms with Gasteiger partial charge in [-0.25, -0.2) is 9.59 Å². The maximum Gasteiger partial charge on any atom is 0.336 e. The van der Waals surface area contributed by atoms with Crippen LogP contribution in [0.25, 0.3) is 10.8 Å². The van der Waals surface area contributed by atoms with Crippen molar-refractivity contribution >= 4 is 22.7 Å². The van der Waals surface area contributed by atoms with Gasteiger partial charge in [0.15, 0.2) is 0 Å². The second kappa shape index (κ2) is 7.04. The number of hydrogen-bond donors (Lipinski definition) is 1. The molecule has 0 bridgehead atoms. The van der Waals surface area contributed by atoms with Gasteiger partial charge in [-0.3, -0.25) is 0 Å². The summed E-state index contributed by atoms with van der Waals surface area (Å²) in [6, 6.07) is 13.8. The van der Waals surface area contributed by atoms with Gasteiger partial charge < -0.3 is 14.8 Å². The second-order valence-electron chi connectivity index (χ2n) is 6.19. The van der Waals surface area contributed by atoms with E-state index < -0.39 is 17.9 Å². The highest BCUT2D eigenvalue weighted by Crippen LogP contribution is 2.41. The highest BCUT2D eigenvalue weighted by molar-refractivity contribution is 6.01. The molecule has 0 saturated heterocycles. The molecule has 3 rings (SSSR count). The van der Waals surface area contributed by atoms with Crippen molar-refractivity contribution in [2.24, 2.45) is 0 Å². The summed E-state index contributed by atoms with van der Waals surface area (Å²) in [6.45, 7) is 3.61. The van der Waals surface area contributed by atoms with Crippen LogP contribution in [-0.2, 0) is 19.1 Å². The van der Waals surface area contributed by atoms with E-state index in [1.807, 2.05) is 56.3 Å². The fourth-order valence-corrected chi connectivity index (χ4v) is 3.57. The van der Waals surface area contributed by atoms with Crippen LogP contribution in [0.3, 0.4) is 0 Å². The van der Waals surface area contributed by atoms with Gasteiger partial charge in [-0.2, -0.15) is 0 Å². The summed E-state index contributed by atoms with van der Waals surface area (Å²) >= 11 is 0. The van der Waals surface area contributed by atoms with E-state index in [1.54, 1.807) is 0 Å². The molecule has 26 heavy (non-hydrogen) atoms. The van der Waals surface area contributed by atoms with Gasteiger partial charge in [0.05, 0.1) is 31.3 Å². The topological polar surface area (TPSA) is 64.6 Å². The number of ether oxygens (including phenoxy) is 2. The molecule has 0 unspecified atom stereocenters. The zero-order valence-corrected chi connectivity index (χ0v) is 15.3. The van der Waals surface area contributed by atoms with E-state index in [0.29, 0.717) is 22.5 Å².